The van der Waals surface area contributed by atoms with Gasteiger partial charge in [-0.1, -0.05) is 35.3 Å². The third-order valence-corrected chi connectivity index (χ3v) is 5.43. The van der Waals surface area contributed by atoms with Crippen molar-refractivity contribution in [1.29, 1.82) is 0 Å². The van der Waals surface area contributed by atoms with Crippen LogP contribution in [0.2, 0.25) is 10.0 Å². The molecule has 2 heterocycles. The number of nitrogens with zero attached hydrogens (tertiary/aromatic N) is 2. The average Bonchev–Trinajstić information content (AvgIpc) is 3.06. The standard InChI is InChI=1S/C19H17Cl2N3O3S/c1-11(19(26)24-18-13(21)9-12(20)10-22-18)27-17(25)8-4-7-16-23-14-5-2-3-6-15(14)28-16/h2-3,5-6,9-11H,4,7-8H2,1H3,(H,22,24,26)/t11-/m1/s1. The van der Waals surface area contributed by atoms with Gasteiger partial charge in [-0.05, 0) is 38.0 Å². The molecule has 0 spiro atoms. The number of rotatable bonds is 7. The van der Waals surface area contributed by atoms with Crippen molar-refractivity contribution in [3.05, 3.63) is 51.6 Å². The van der Waals surface area contributed by atoms with E-state index in [2.05, 4.69) is 15.3 Å². The number of fused-ring (bicyclic) bond motifs is 1. The smallest absolute Gasteiger partial charge is 0.306 e. The maximum Gasteiger partial charge on any atom is 0.306 e. The van der Waals surface area contributed by atoms with Crippen molar-refractivity contribution in [3.63, 3.8) is 0 Å². The van der Waals surface area contributed by atoms with Crippen LogP contribution in [0.25, 0.3) is 10.2 Å². The Morgan fingerprint density at radius 2 is 2.07 bits per heavy atom. The molecule has 0 aliphatic carbocycles. The molecule has 146 valence electrons. The molecule has 0 saturated carbocycles. The molecule has 3 rings (SSSR count). The van der Waals surface area contributed by atoms with Crippen molar-refractivity contribution in [2.45, 2.75) is 32.3 Å². The first-order valence-electron chi connectivity index (χ1n) is 8.58. The molecule has 0 radical (unpaired) electrons. The molecule has 1 amide bonds. The highest BCUT2D eigenvalue weighted by atomic mass is 35.5. The van der Waals surface area contributed by atoms with Crippen LogP contribution in [0.3, 0.4) is 0 Å². The van der Waals surface area contributed by atoms with Crippen molar-refractivity contribution in [3.8, 4) is 0 Å². The van der Waals surface area contributed by atoms with E-state index in [0.29, 0.717) is 17.9 Å². The number of hydrogen-bond acceptors (Lipinski definition) is 6. The molecular formula is C19H17Cl2N3O3S. The van der Waals surface area contributed by atoms with Gasteiger partial charge >= 0.3 is 5.97 Å². The molecule has 9 heteroatoms. The van der Waals surface area contributed by atoms with Gasteiger partial charge in [0.2, 0.25) is 0 Å². The number of thiazole rings is 1. The van der Waals surface area contributed by atoms with E-state index in [0.717, 1.165) is 15.2 Å². The van der Waals surface area contributed by atoms with Gasteiger partial charge in [-0.3, -0.25) is 9.59 Å². The first-order valence-corrected chi connectivity index (χ1v) is 10.2. The van der Waals surface area contributed by atoms with Gasteiger partial charge in [0.1, 0.15) is 0 Å². The Kier molecular flexibility index (Phi) is 6.83. The Labute approximate surface area is 175 Å². The summed E-state index contributed by atoms with van der Waals surface area (Å²) in [7, 11) is 0. The SMILES string of the molecule is C[C@@H](OC(=O)CCCc1nc2ccccc2s1)C(=O)Nc1ncc(Cl)cc1Cl. The Hall–Kier alpha value is -2.22. The molecule has 1 atom stereocenters. The van der Waals surface area contributed by atoms with Gasteiger partial charge in [0.15, 0.2) is 11.9 Å². The molecule has 0 unspecified atom stereocenters. The second kappa shape index (κ2) is 9.32. The third kappa shape index (κ3) is 5.41. The summed E-state index contributed by atoms with van der Waals surface area (Å²) < 4.78 is 6.30. The Balaban J connectivity index is 1.45. The van der Waals surface area contributed by atoms with Crippen molar-refractivity contribution >= 4 is 62.4 Å². The van der Waals surface area contributed by atoms with Crippen LogP contribution in [0.5, 0.6) is 0 Å². The zero-order chi connectivity index (χ0) is 20.1. The fourth-order valence-corrected chi connectivity index (χ4v) is 3.88. The minimum absolute atomic E-state index is 0.162. The third-order valence-electron chi connectivity index (χ3n) is 3.84. The molecule has 0 saturated heterocycles. The summed E-state index contributed by atoms with van der Waals surface area (Å²) in [5.41, 5.74) is 0.963. The molecule has 1 aromatic carbocycles. The largest absolute Gasteiger partial charge is 0.453 e. The minimum Gasteiger partial charge on any atom is -0.453 e. The number of benzene rings is 1. The van der Waals surface area contributed by atoms with E-state index in [1.165, 1.54) is 19.2 Å². The number of hydrogen-bond donors (Lipinski definition) is 1. The number of amides is 1. The van der Waals surface area contributed by atoms with Gasteiger partial charge in [0.05, 0.1) is 25.3 Å². The van der Waals surface area contributed by atoms with E-state index in [-0.39, 0.29) is 17.3 Å². The van der Waals surface area contributed by atoms with Crippen LogP contribution in [0.15, 0.2) is 36.5 Å². The van der Waals surface area contributed by atoms with E-state index in [4.69, 9.17) is 27.9 Å². The molecular weight excluding hydrogens is 421 g/mol. The zero-order valence-electron chi connectivity index (χ0n) is 14.9. The molecule has 2 aromatic heterocycles. The molecule has 28 heavy (non-hydrogen) atoms. The molecule has 0 aliphatic rings. The fourth-order valence-electron chi connectivity index (χ4n) is 2.45. The highest BCUT2D eigenvalue weighted by Crippen LogP contribution is 2.24. The summed E-state index contributed by atoms with van der Waals surface area (Å²) >= 11 is 13.3. The van der Waals surface area contributed by atoms with Crippen molar-refractivity contribution in [2.75, 3.05) is 5.32 Å². The molecule has 1 N–H and O–H groups in total. The number of carbonyl (C=O) groups excluding carboxylic acids is 2. The van der Waals surface area contributed by atoms with Crippen LogP contribution in [0.1, 0.15) is 24.8 Å². The number of ether oxygens (including phenoxy) is 1. The highest BCUT2D eigenvalue weighted by molar-refractivity contribution is 7.18. The summed E-state index contributed by atoms with van der Waals surface area (Å²) in [6.45, 7) is 1.49. The van der Waals surface area contributed by atoms with Crippen LogP contribution >= 0.6 is 34.5 Å². The topological polar surface area (TPSA) is 81.2 Å². The van der Waals surface area contributed by atoms with Gasteiger partial charge < -0.3 is 10.1 Å². The summed E-state index contributed by atoms with van der Waals surface area (Å²) in [5, 5.41) is 4.05. The van der Waals surface area contributed by atoms with Crippen LogP contribution in [-0.4, -0.2) is 27.9 Å². The zero-order valence-corrected chi connectivity index (χ0v) is 17.3. The molecule has 0 aliphatic heterocycles. The van der Waals surface area contributed by atoms with E-state index in [1.807, 2.05) is 24.3 Å². The van der Waals surface area contributed by atoms with Gasteiger partial charge in [-0.2, -0.15) is 0 Å². The Bertz CT molecular complexity index is 976. The summed E-state index contributed by atoms with van der Waals surface area (Å²) in [5.74, 6) is -0.801. The van der Waals surface area contributed by atoms with Crippen LogP contribution in [0, 0.1) is 0 Å². The van der Waals surface area contributed by atoms with E-state index >= 15 is 0 Å². The molecule has 6 nitrogen and oxygen atoms in total. The number of pyridine rings is 1. The van der Waals surface area contributed by atoms with Crippen molar-refractivity contribution in [2.24, 2.45) is 0 Å². The maximum atomic E-state index is 12.2. The van der Waals surface area contributed by atoms with Crippen LogP contribution in [-0.2, 0) is 20.7 Å². The van der Waals surface area contributed by atoms with Crippen LogP contribution < -0.4 is 5.32 Å². The minimum atomic E-state index is -0.969. The Morgan fingerprint density at radius 3 is 2.82 bits per heavy atom. The van der Waals surface area contributed by atoms with Crippen molar-refractivity contribution < 1.29 is 14.3 Å². The fraction of sp³-hybridized carbons (Fsp3) is 0.263. The molecule has 0 bridgehead atoms. The van der Waals surface area contributed by atoms with E-state index < -0.39 is 18.0 Å². The molecule has 0 fully saturated rings. The number of nitrogens with one attached hydrogen (secondary N) is 1. The van der Waals surface area contributed by atoms with Gasteiger partial charge in [-0.15, -0.1) is 11.3 Å². The number of aryl methyl sites for hydroxylation is 1. The number of para-hydroxylation sites is 1. The van der Waals surface area contributed by atoms with Gasteiger partial charge in [-0.25, -0.2) is 9.97 Å². The number of aromatic nitrogens is 2. The highest BCUT2D eigenvalue weighted by Gasteiger charge is 2.19. The second-order valence-corrected chi connectivity index (χ2v) is 7.99. The lowest BCUT2D eigenvalue weighted by Gasteiger charge is -2.13. The Morgan fingerprint density at radius 1 is 1.29 bits per heavy atom. The van der Waals surface area contributed by atoms with Crippen molar-refractivity contribution in [1.82, 2.24) is 9.97 Å². The lowest BCUT2D eigenvalue weighted by Crippen LogP contribution is -2.30. The maximum absolute atomic E-state index is 12.2. The molecule has 3 aromatic rings. The second-order valence-electron chi connectivity index (χ2n) is 6.03. The monoisotopic (exact) mass is 437 g/mol. The number of anilines is 1. The summed E-state index contributed by atoms with van der Waals surface area (Å²) in [6, 6.07) is 9.37. The lowest BCUT2D eigenvalue weighted by atomic mass is 10.2. The number of esters is 1. The summed E-state index contributed by atoms with van der Waals surface area (Å²) in [4.78, 5) is 32.6. The number of halogens is 2. The van der Waals surface area contributed by atoms with E-state index in [1.54, 1.807) is 11.3 Å². The van der Waals surface area contributed by atoms with Gasteiger partial charge in [0, 0.05) is 12.6 Å². The quantitative estimate of drug-likeness (QED) is 0.531. The van der Waals surface area contributed by atoms with Crippen LogP contribution in [0.4, 0.5) is 5.82 Å². The predicted molar refractivity (Wildman–Crippen MR) is 111 cm³/mol. The van der Waals surface area contributed by atoms with Gasteiger partial charge in [0.25, 0.3) is 5.91 Å². The first-order chi connectivity index (χ1) is 13.4. The number of carbonyl (C=O) groups is 2. The van der Waals surface area contributed by atoms with E-state index in [9.17, 15) is 9.59 Å². The average molecular weight is 438 g/mol. The predicted octanol–water partition coefficient (Wildman–Crippen LogP) is 4.89. The lowest BCUT2D eigenvalue weighted by molar-refractivity contribution is -0.153. The summed E-state index contributed by atoms with van der Waals surface area (Å²) in [6.07, 6.45) is 1.87. The first kappa shape index (κ1) is 20.5. The normalized spacial score (nSPS) is 12.0.